The van der Waals surface area contributed by atoms with Crippen LogP contribution in [0.4, 0.5) is 0 Å². The van der Waals surface area contributed by atoms with Crippen molar-refractivity contribution in [3.63, 3.8) is 0 Å². The summed E-state index contributed by atoms with van der Waals surface area (Å²) in [5, 5.41) is 6.38. The van der Waals surface area contributed by atoms with E-state index in [9.17, 15) is 4.79 Å². The van der Waals surface area contributed by atoms with Crippen LogP contribution in [-0.4, -0.2) is 32.7 Å². The van der Waals surface area contributed by atoms with Crippen LogP contribution in [0.2, 0.25) is 0 Å². The standard InChI is InChI=1S/C15H22N2O2.ClH/c1-15(6-8-16-9-7-15)11-17-14(18)12-4-3-5-13(10-12)19-2;/h3-5,10,16H,6-9,11H2,1-2H3,(H,17,18);1H. The maximum atomic E-state index is 12.1. The van der Waals surface area contributed by atoms with E-state index < -0.39 is 0 Å². The Bertz CT molecular complexity index is 445. The normalized spacial score (nSPS) is 16.9. The molecule has 1 fully saturated rings. The highest BCUT2D eigenvalue weighted by Crippen LogP contribution is 2.26. The summed E-state index contributed by atoms with van der Waals surface area (Å²) in [6.45, 7) is 5.03. The fraction of sp³-hybridized carbons (Fsp3) is 0.533. The van der Waals surface area contributed by atoms with E-state index in [-0.39, 0.29) is 23.7 Å². The molecule has 0 atom stereocenters. The van der Waals surface area contributed by atoms with Crippen molar-refractivity contribution in [3.05, 3.63) is 29.8 Å². The topological polar surface area (TPSA) is 50.4 Å². The molecule has 1 aromatic rings. The van der Waals surface area contributed by atoms with E-state index in [0.29, 0.717) is 11.3 Å². The van der Waals surface area contributed by atoms with Crippen molar-refractivity contribution in [2.75, 3.05) is 26.7 Å². The van der Waals surface area contributed by atoms with E-state index in [1.807, 2.05) is 18.2 Å². The van der Waals surface area contributed by atoms with Gasteiger partial charge in [-0.15, -0.1) is 12.4 Å². The first-order valence-corrected chi connectivity index (χ1v) is 6.76. The lowest BCUT2D eigenvalue weighted by Crippen LogP contribution is -2.42. The first kappa shape index (κ1) is 16.8. The fourth-order valence-electron chi connectivity index (χ4n) is 2.37. The van der Waals surface area contributed by atoms with Gasteiger partial charge in [-0.1, -0.05) is 13.0 Å². The average molecular weight is 299 g/mol. The summed E-state index contributed by atoms with van der Waals surface area (Å²) in [5.41, 5.74) is 0.858. The second kappa shape index (κ2) is 7.50. The summed E-state index contributed by atoms with van der Waals surface area (Å²) in [5.74, 6) is 0.680. The van der Waals surface area contributed by atoms with Crippen LogP contribution in [0.5, 0.6) is 5.75 Å². The van der Waals surface area contributed by atoms with Crippen molar-refractivity contribution in [2.24, 2.45) is 5.41 Å². The molecule has 0 radical (unpaired) electrons. The number of methoxy groups -OCH3 is 1. The Balaban J connectivity index is 0.00000200. The van der Waals surface area contributed by atoms with Gasteiger partial charge in [-0.05, 0) is 49.5 Å². The lowest BCUT2D eigenvalue weighted by atomic mass is 9.81. The molecule has 112 valence electrons. The molecule has 1 aliphatic rings. The number of nitrogens with one attached hydrogen (secondary N) is 2. The highest BCUT2D eigenvalue weighted by molar-refractivity contribution is 5.94. The summed E-state index contributed by atoms with van der Waals surface area (Å²) < 4.78 is 5.13. The molecular formula is C15H23ClN2O2. The first-order valence-electron chi connectivity index (χ1n) is 6.76. The Morgan fingerprint density at radius 3 is 2.75 bits per heavy atom. The number of piperidine rings is 1. The molecule has 4 nitrogen and oxygen atoms in total. The number of amides is 1. The zero-order valence-corrected chi connectivity index (χ0v) is 12.9. The van der Waals surface area contributed by atoms with Crippen LogP contribution in [0.1, 0.15) is 30.1 Å². The molecule has 1 heterocycles. The highest BCUT2D eigenvalue weighted by atomic mass is 35.5. The zero-order chi connectivity index (χ0) is 13.7. The van der Waals surface area contributed by atoms with Crippen molar-refractivity contribution >= 4 is 18.3 Å². The van der Waals surface area contributed by atoms with Crippen molar-refractivity contribution in [2.45, 2.75) is 19.8 Å². The van der Waals surface area contributed by atoms with Gasteiger partial charge in [0.25, 0.3) is 5.91 Å². The monoisotopic (exact) mass is 298 g/mol. The quantitative estimate of drug-likeness (QED) is 0.896. The van der Waals surface area contributed by atoms with Gasteiger partial charge in [-0.25, -0.2) is 0 Å². The van der Waals surface area contributed by atoms with Gasteiger partial charge in [-0.3, -0.25) is 4.79 Å². The smallest absolute Gasteiger partial charge is 0.251 e. The van der Waals surface area contributed by atoms with Crippen LogP contribution in [0.3, 0.4) is 0 Å². The molecule has 2 rings (SSSR count). The Kier molecular flexibility index (Phi) is 6.30. The number of carbonyl (C=O) groups is 1. The van der Waals surface area contributed by atoms with Gasteiger partial charge in [0, 0.05) is 12.1 Å². The van der Waals surface area contributed by atoms with Gasteiger partial charge in [0.15, 0.2) is 0 Å². The van der Waals surface area contributed by atoms with Crippen molar-refractivity contribution in [1.29, 1.82) is 0 Å². The van der Waals surface area contributed by atoms with Gasteiger partial charge < -0.3 is 15.4 Å². The molecule has 0 aliphatic carbocycles. The van der Waals surface area contributed by atoms with E-state index in [1.54, 1.807) is 13.2 Å². The van der Waals surface area contributed by atoms with E-state index in [0.717, 1.165) is 32.5 Å². The number of rotatable bonds is 4. The Morgan fingerprint density at radius 2 is 2.10 bits per heavy atom. The molecule has 5 heteroatoms. The molecule has 0 spiro atoms. The van der Waals surface area contributed by atoms with Gasteiger partial charge in [0.1, 0.15) is 5.75 Å². The van der Waals surface area contributed by atoms with Crippen molar-refractivity contribution in [1.82, 2.24) is 10.6 Å². The third-order valence-corrected chi connectivity index (χ3v) is 3.82. The molecule has 1 aliphatic heterocycles. The Labute approximate surface area is 126 Å². The third-order valence-electron chi connectivity index (χ3n) is 3.82. The van der Waals surface area contributed by atoms with Crippen LogP contribution in [0.15, 0.2) is 24.3 Å². The summed E-state index contributed by atoms with van der Waals surface area (Å²) in [6, 6.07) is 7.24. The largest absolute Gasteiger partial charge is 0.497 e. The number of carbonyl (C=O) groups excluding carboxylic acids is 1. The van der Waals surface area contributed by atoms with Crippen LogP contribution < -0.4 is 15.4 Å². The predicted molar refractivity (Wildman–Crippen MR) is 82.8 cm³/mol. The van der Waals surface area contributed by atoms with Crippen LogP contribution in [0, 0.1) is 5.41 Å². The molecule has 2 N–H and O–H groups in total. The summed E-state index contributed by atoms with van der Waals surface area (Å²) in [6.07, 6.45) is 2.21. The minimum Gasteiger partial charge on any atom is -0.497 e. The predicted octanol–water partition coefficient (Wildman–Crippen LogP) is 2.24. The maximum Gasteiger partial charge on any atom is 0.251 e. The number of hydrogen-bond acceptors (Lipinski definition) is 3. The molecule has 0 unspecified atom stereocenters. The lowest BCUT2D eigenvalue weighted by Gasteiger charge is -2.34. The van der Waals surface area contributed by atoms with Crippen molar-refractivity contribution < 1.29 is 9.53 Å². The Hall–Kier alpha value is -1.26. The molecule has 1 amide bonds. The maximum absolute atomic E-state index is 12.1. The molecule has 0 aromatic heterocycles. The van der Waals surface area contributed by atoms with Crippen LogP contribution in [-0.2, 0) is 0 Å². The molecule has 0 saturated carbocycles. The van der Waals surface area contributed by atoms with Gasteiger partial charge in [0.05, 0.1) is 7.11 Å². The lowest BCUT2D eigenvalue weighted by molar-refractivity contribution is 0.0922. The van der Waals surface area contributed by atoms with Gasteiger partial charge in [-0.2, -0.15) is 0 Å². The second-order valence-corrected chi connectivity index (χ2v) is 5.48. The fourth-order valence-corrected chi connectivity index (χ4v) is 2.37. The highest BCUT2D eigenvalue weighted by Gasteiger charge is 2.27. The summed E-state index contributed by atoms with van der Waals surface area (Å²) in [7, 11) is 1.60. The van der Waals surface area contributed by atoms with E-state index >= 15 is 0 Å². The summed E-state index contributed by atoms with van der Waals surface area (Å²) >= 11 is 0. The minimum atomic E-state index is -0.0290. The number of halogens is 1. The molecule has 0 bridgehead atoms. The molecular weight excluding hydrogens is 276 g/mol. The molecule has 1 saturated heterocycles. The molecule has 20 heavy (non-hydrogen) atoms. The molecule has 1 aromatic carbocycles. The third kappa shape index (κ3) is 4.39. The average Bonchev–Trinajstić information content (AvgIpc) is 2.46. The van der Waals surface area contributed by atoms with Crippen molar-refractivity contribution in [3.8, 4) is 5.75 Å². The van der Waals surface area contributed by atoms with Gasteiger partial charge >= 0.3 is 0 Å². The summed E-state index contributed by atoms with van der Waals surface area (Å²) in [4.78, 5) is 12.1. The van der Waals surface area contributed by atoms with E-state index in [2.05, 4.69) is 17.6 Å². The van der Waals surface area contributed by atoms with E-state index in [4.69, 9.17) is 4.74 Å². The van der Waals surface area contributed by atoms with E-state index in [1.165, 1.54) is 0 Å². The van der Waals surface area contributed by atoms with Crippen LogP contribution in [0.25, 0.3) is 0 Å². The van der Waals surface area contributed by atoms with Crippen LogP contribution >= 0.6 is 12.4 Å². The second-order valence-electron chi connectivity index (χ2n) is 5.48. The first-order chi connectivity index (χ1) is 9.13. The SMILES string of the molecule is COc1cccc(C(=O)NCC2(C)CCNCC2)c1.Cl. The Morgan fingerprint density at radius 1 is 1.40 bits per heavy atom. The minimum absolute atomic E-state index is 0. The number of benzene rings is 1. The zero-order valence-electron chi connectivity index (χ0n) is 12.1. The number of hydrogen-bond donors (Lipinski definition) is 2. The van der Waals surface area contributed by atoms with Gasteiger partial charge in [0.2, 0.25) is 0 Å². The number of ether oxygens (including phenoxy) is 1.